The lowest BCUT2D eigenvalue weighted by Crippen LogP contribution is -2.47. The van der Waals surface area contributed by atoms with Gasteiger partial charge in [-0.2, -0.15) is 0 Å². The Morgan fingerprint density at radius 2 is 1.62 bits per heavy atom. The molecule has 1 saturated carbocycles. The molecule has 1 aliphatic carbocycles. The molecule has 16 heavy (non-hydrogen) atoms. The quantitative estimate of drug-likeness (QED) is 0.680. The fourth-order valence-electron chi connectivity index (χ4n) is 2.29. The van der Waals surface area contributed by atoms with Gasteiger partial charge >= 0.3 is 6.03 Å². The van der Waals surface area contributed by atoms with E-state index in [1.165, 1.54) is 6.42 Å². The van der Waals surface area contributed by atoms with Crippen molar-refractivity contribution in [3.63, 3.8) is 0 Å². The van der Waals surface area contributed by atoms with Gasteiger partial charge in [0.15, 0.2) is 0 Å². The summed E-state index contributed by atoms with van der Waals surface area (Å²) in [5.41, 5.74) is 0. The molecule has 2 fully saturated rings. The van der Waals surface area contributed by atoms with Crippen molar-refractivity contribution in [3.05, 3.63) is 0 Å². The minimum atomic E-state index is -0.528. The van der Waals surface area contributed by atoms with Crippen LogP contribution < -0.4 is 5.32 Å². The van der Waals surface area contributed by atoms with E-state index >= 15 is 0 Å². The average molecular weight is 224 g/mol. The second kappa shape index (κ2) is 4.63. The first kappa shape index (κ1) is 11.1. The normalized spacial score (nSPS) is 22.6. The monoisotopic (exact) mass is 224 g/mol. The predicted octanol–water partition coefficient (Wildman–Crippen LogP) is 1.18. The van der Waals surface area contributed by atoms with Crippen LogP contribution in [0.1, 0.15) is 44.9 Å². The number of imide groups is 3. The Labute approximate surface area is 94.2 Å². The van der Waals surface area contributed by atoms with Crippen LogP contribution >= 0.6 is 0 Å². The van der Waals surface area contributed by atoms with Crippen LogP contribution in [0.4, 0.5) is 4.79 Å². The number of urea groups is 1. The van der Waals surface area contributed by atoms with Gasteiger partial charge < -0.3 is 5.32 Å². The number of likely N-dealkylation sites (tertiary alicyclic amines) is 1. The maximum atomic E-state index is 11.7. The van der Waals surface area contributed by atoms with Crippen LogP contribution in [0, 0.1) is 0 Å². The molecule has 4 amide bonds. The number of nitrogens with one attached hydrogen (secondary N) is 1. The fourth-order valence-corrected chi connectivity index (χ4v) is 2.29. The maximum absolute atomic E-state index is 11.7. The molecular weight excluding hydrogens is 208 g/mol. The highest BCUT2D eigenvalue weighted by molar-refractivity contribution is 6.14. The van der Waals surface area contributed by atoms with Crippen LogP contribution in [0.5, 0.6) is 0 Å². The zero-order valence-corrected chi connectivity index (χ0v) is 9.20. The summed E-state index contributed by atoms with van der Waals surface area (Å²) in [5.74, 6) is -0.753. The number of carbonyl (C=O) groups is 3. The van der Waals surface area contributed by atoms with Crippen molar-refractivity contribution in [1.82, 2.24) is 10.2 Å². The van der Waals surface area contributed by atoms with E-state index in [0.717, 1.165) is 30.6 Å². The molecule has 0 aromatic heterocycles. The molecule has 0 aromatic carbocycles. The number of nitrogens with zero attached hydrogens (tertiary/aromatic N) is 1. The molecule has 0 aromatic rings. The van der Waals surface area contributed by atoms with Crippen LogP contribution in [0.2, 0.25) is 0 Å². The lowest BCUT2D eigenvalue weighted by atomic mass is 9.96. The molecule has 0 radical (unpaired) electrons. The number of hydrogen-bond acceptors (Lipinski definition) is 3. The van der Waals surface area contributed by atoms with Crippen LogP contribution in [-0.2, 0) is 9.59 Å². The second-order valence-corrected chi connectivity index (χ2v) is 4.41. The Kier molecular flexibility index (Phi) is 3.22. The van der Waals surface area contributed by atoms with E-state index in [1.54, 1.807) is 0 Å². The maximum Gasteiger partial charge on any atom is 0.331 e. The van der Waals surface area contributed by atoms with E-state index in [2.05, 4.69) is 5.32 Å². The first-order valence-corrected chi connectivity index (χ1v) is 5.85. The summed E-state index contributed by atoms with van der Waals surface area (Å²) >= 11 is 0. The van der Waals surface area contributed by atoms with Gasteiger partial charge in [0.25, 0.3) is 0 Å². The standard InChI is InChI=1S/C11H16N2O3/c14-9-6-7-10(15)13(9)11(16)12-8-4-2-1-3-5-8/h8H,1-7H2,(H,12,16). The van der Waals surface area contributed by atoms with Gasteiger partial charge in [-0.1, -0.05) is 19.3 Å². The molecule has 5 nitrogen and oxygen atoms in total. The molecular formula is C11H16N2O3. The summed E-state index contributed by atoms with van der Waals surface area (Å²) in [6.07, 6.45) is 5.63. The van der Waals surface area contributed by atoms with Crippen LogP contribution in [0.25, 0.3) is 0 Å². The Morgan fingerprint density at radius 1 is 1.06 bits per heavy atom. The molecule has 0 unspecified atom stereocenters. The van der Waals surface area contributed by atoms with Crippen LogP contribution in [0.15, 0.2) is 0 Å². The molecule has 2 rings (SSSR count). The Bertz CT molecular complexity index is 305. The third kappa shape index (κ3) is 2.23. The first-order chi connectivity index (χ1) is 7.68. The second-order valence-electron chi connectivity index (χ2n) is 4.41. The molecule has 1 heterocycles. The van der Waals surface area contributed by atoms with E-state index in [0.29, 0.717) is 0 Å². The molecule has 0 spiro atoms. The zero-order valence-electron chi connectivity index (χ0n) is 9.20. The molecule has 1 saturated heterocycles. The van der Waals surface area contributed by atoms with Gasteiger partial charge in [-0.3, -0.25) is 9.59 Å². The highest BCUT2D eigenvalue weighted by Crippen LogP contribution is 2.18. The zero-order chi connectivity index (χ0) is 11.5. The van der Waals surface area contributed by atoms with Gasteiger partial charge in [0.05, 0.1) is 0 Å². The molecule has 0 bridgehead atoms. The highest BCUT2D eigenvalue weighted by atomic mass is 16.2. The third-order valence-electron chi connectivity index (χ3n) is 3.19. The van der Waals surface area contributed by atoms with Gasteiger partial charge in [-0.15, -0.1) is 0 Å². The van der Waals surface area contributed by atoms with Gasteiger partial charge in [0, 0.05) is 18.9 Å². The molecule has 0 atom stereocenters. The smallest absolute Gasteiger partial charge is 0.331 e. The highest BCUT2D eigenvalue weighted by Gasteiger charge is 2.35. The van der Waals surface area contributed by atoms with E-state index in [1.807, 2.05) is 0 Å². The lowest BCUT2D eigenvalue weighted by molar-refractivity contribution is -0.134. The minimum absolute atomic E-state index is 0.127. The van der Waals surface area contributed by atoms with Crippen LogP contribution in [-0.4, -0.2) is 28.8 Å². The summed E-state index contributed by atoms with van der Waals surface area (Å²) in [5, 5.41) is 2.77. The Balaban J connectivity index is 1.91. The van der Waals surface area contributed by atoms with Crippen molar-refractivity contribution < 1.29 is 14.4 Å². The van der Waals surface area contributed by atoms with Crippen molar-refractivity contribution in [2.24, 2.45) is 0 Å². The third-order valence-corrected chi connectivity index (χ3v) is 3.19. The lowest BCUT2D eigenvalue weighted by Gasteiger charge is -2.24. The number of carbonyl (C=O) groups excluding carboxylic acids is 3. The van der Waals surface area contributed by atoms with Crippen molar-refractivity contribution in [3.8, 4) is 0 Å². The average Bonchev–Trinajstić information content (AvgIpc) is 2.60. The van der Waals surface area contributed by atoms with Gasteiger partial charge in [-0.25, -0.2) is 9.69 Å². The van der Waals surface area contributed by atoms with Crippen molar-refractivity contribution >= 4 is 17.8 Å². The van der Waals surface area contributed by atoms with E-state index in [9.17, 15) is 14.4 Å². The summed E-state index contributed by atoms with van der Waals surface area (Å²) in [7, 11) is 0. The topological polar surface area (TPSA) is 66.5 Å². The molecule has 1 aliphatic heterocycles. The predicted molar refractivity (Wildman–Crippen MR) is 56.5 cm³/mol. The van der Waals surface area contributed by atoms with E-state index in [-0.39, 0.29) is 30.7 Å². The van der Waals surface area contributed by atoms with Crippen molar-refractivity contribution in [2.45, 2.75) is 51.0 Å². The molecule has 5 heteroatoms. The molecule has 1 N–H and O–H groups in total. The summed E-state index contributed by atoms with van der Waals surface area (Å²) in [6, 6.07) is -0.401. The fraction of sp³-hybridized carbons (Fsp3) is 0.727. The minimum Gasteiger partial charge on any atom is -0.335 e. The van der Waals surface area contributed by atoms with Crippen molar-refractivity contribution in [2.75, 3.05) is 0 Å². The number of hydrogen-bond donors (Lipinski definition) is 1. The SMILES string of the molecule is O=C1CCC(=O)N1C(=O)NC1CCCCC1. The van der Waals surface area contributed by atoms with Crippen LogP contribution in [0.3, 0.4) is 0 Å². The molecule has 2 aliphatic rings. The Hall–Kier alpha value is -1.39. The van der Waals surface area contributed by atoms with Gasteiger partial charge in [0.1, 0.15) is 0 Å². The summed E-state index contributed by atoms with van der Waals surface area (Å²) in [6.45, 7) is 0. The summed E-state index contributed by atoms with van der Waals surface area (Å²) < 4.78 is 0. The van der Waals surface area contributed by atoms with Gasteiger partial charge in [-0.05, 0) is 12.8 Å². The van der Waals surface area contributed by atoms with E-state index < -0.39 is 6.03 Å². The summed E-state index contributed by atoms with van der Waals surface area (Å²) in [4.78, 5) is 35.1. The van der Waals surface area contributed by atoms with Gasteiger partial charge in [0.2, 0.25) is 11.8 Å². The van der Waals surface area contributed by atoms with Crippen molar-refractivity contribution in [1.29, 1.82) is 0 Å². The van der Waals surface area contributed by atoms with E-state index in [4.69, 9.17) is 0 Å². The Morgan fingerprint density at radius 3 is 2.19 bits per heavy atom. The largest absolute Gasteiger partial charge is 0.335 e. The number of amides is 4. The first-order valence-electron chi connectivity index (χ1n) is 5.85. The number of rotatable bonds is 1. The molecule has 88 valence electrons.